The molecule has 0 radical (unpaired) electrons. The van der Waals surface area contributed by atoms with Gasteiger partial charge in [-0.15, -0.1) is 0 Å². The Balaban J connectivity index is 1.75. The molecule has 0 fully saturated rings. The van der Waals surface area contributed by atoms with E-state index in [9.17, 15) is 40.7 Å². The fraction of sp³-hybridized carbons (Fsp3) is 0.429. The normalized spacial score (nSPS) is 18.3. The van der Waals surface area contributed by atoms with Gasteiger partial charge in [-0.3, -0.25) is 14.4 Å². The topological polar surface area (TPSA) is 88.1 Å². The third-order valence-corrected chi connectivity index (χ3v) is 7.29. The zero-order chi connectivity index (χ0) is 30.8. The molecule has 7 nitrogen and oxygen atoms in total. The Morgan fingerprint density at radius 1 is 1.05 bits per heavy atom. The third kappa shape index (κ3) is 7.42. The Bertz CT molecular complexity index is 1390. The van der Waals surface area contributed by atoms with Gasteiger partial charge in [-0.05, 0) is 38.0 Å². The van der Waals surface area contributed by atoms with Crippen LogP contribution in [0.1, 0.15) is 43.7 Å². The van der Waals surface area contributed by atoms with Crippen LogP contribution in [0.25, 0.3) is 0 Å². The van der Waals surface area contributed by atoms with Crippen molar-refractivity contribution in [1.29, 1.82) is 0 Å². The van der Waals surface area contributed by atoms with Crippen LogP contribution in [0.5, 0.6) is 5.75 Å². The first-order chi connectivity index (χ1) is 19.6. The van der Waals surface area contributed by atoms with Gasteiger partial charge in [0, 0.05) is 40.8 Å². The minimum Gasteiger partial charge on any atom is -0.490 e. The molecular weight excluding hydrogens is 592 g/mol. The molecule has 2 aliphatic heterocycles. The van der Waals surface area contributed by atoms with Crippen molar-refractivity contribution in [3.05, 3.63) is 58.6 Å². The van der Waals surface area contributed by atoms with E-state index in [4.69, 9.17) is 16.3 Å². The number of rotatable bonds is 9. The summed E-state index contributed by atoms with van der Waals surface area (Å²) >= 11 is 6.19. The maximum atomic E-state index is 13.7. The van der Waals surface area contributed by atoms with E-state index in [1.807, 2.05) is 0 Å². The van der Waals surface area contributed by atoms with Gasteiger partial charge in [-0.2, -0.15) is 26.3 Å². The molecule has 0 spiro atoms. The maximum Gasteiger partial charge on any atom is 0.389 e. The summed E-state index contributed by atoms with van der Waals surface area (Å²) in [5.74, 6) is -5.90. The molecule has 2 heterocycles. The van der Waals surface area contributed by atoms with E-state index < -0.39 is 73.6 Å². The van der Waals surface area contributed by atoms with Crippen LogP contribution in [0.4, 0.5) is 32.0 Å². The molecule has 2 aromatic rings. The van der Waals surface area contributed by atoms with E-state index >= 15 is 0 Å². The Hall–Kier alpha value is -3.61. The number of alkyl halides is 6. The smallest absolute Gasteiger partial charge is 0.389 e. The van der Waals surface area contributed by atoms with E-state index in [2.05, 4.69) is 10.3 Å². The van der Waals surface area contributed by atoms with Gasteiger partial charge in [-0.25, -0.2) is 4.99 Å². The lowest BCUT2D eigenvalue weighted by Crippen LogP contribution is -2.51. The van der Waals surface area contributed by atoms with E-state index in [-0.39, 0.29) is 18.9 Å². The van der Waals surface area contributed by atoms with Gasteiger partial charge in [0.25, 0.3) is 5.91 Å². The summed E-state index contributed by atoms with van der Waals surface area (Å²) in [7, 11) is 0. The van der Waals surface area contributed by atoms with Gasteiger partial charge >= 0.3 is 12.4 Å². The minimum absolute atomic E-state index is 0.0622. The van der Waals surface area contributed by atoms with E-state index in [1.165, 1.54) is 4.90 Å². The third-order valence-electron chi connectivity index (χ3n) is 7.05. The highest BCUT2D eigenvalue weighted by molar-refractivity contribution is 6.31. The summed E-state index contributed by atoms with van der Waals surface area (Å²) in [6.45, 7) is 1.09. The molecule has 3 atom stereocenters. The number of hydrogen-bond donors (Lipinski definition) is 1. The highest BCUT2D eigenvalue weighted by Gasteiger charge is 2.42. The van der Waals surface area contributed by atoms with Crippen LogP contribution < -0.4 is 15.0 Å². The van der Waals surface area contributed by atoms with Crippen molar-refractivity contribution < 1.29 is 45.5 Å². The molecule has 2 aromatic carbocycles. The monoisotopic (exact) mass is 617 g/mol. The van der Waals surface area contributed by atoms with Crippen molar-refractivity contribution in [2.75, 3.05) is 18.1 Å². The molecule has 0 aromatic heterocycles. The number of nitrogens with zero attached hydrogens (tertiary/aromatic N) is 2. The Morgan fingerprint density at radius 3 is 2.31 bits per heavy atom. The van der Waals surface area contributed by atoms with Crippen molar-refractivity contribution in [3.63, 3.8) is 0 Å². The molecule has 0 saturated carbocycles. The lowest BCUT2D eigenvalue weighted by Gasteiger charge is -2.32. The standard InChI is InChI=1S/C28H26ClF6N3O4/c1-15(39)18(8-10-27(30,31)32)19(9-11-28(33,34)35)25(40)37-24-26(41)38-12-13-42-21-7-3-6-20(23(21)38)22(36-24)16-4-2-5-17(29)14-16/h2-7,14,18-19,24H,8-13H2,1H3,(H,37,40)/t18-,19-,24-/m1/s1. The number of halogens is 7. The molecule has 2 amide bonds. The number of hydrogen-bond acceptors (Lipinski definition) is 5. The van der Waals surface area contributed by atoms with Gasteiger partial charge in [-0.1, -0.05) is 35.9 Å². The number of carbonyl (C=O) groups excluding carboxylic acids is 3. The number of nitrogens with one attached hydrogen (secondary N) is 1. The minimum atomic E-state index is -4.74. The molecule has 0 unspecified atom stereocenters. The number of carbonyl (C=O) groups is 3. The van der Waals surface area contributed by atoms with Crippen molar-refractivity contribution in [2.24, 2.45) is 16.8 Å². The van der Waals surface area contributed by atoms with Gasteiger partial charge in [0.15, 0.2) is 0 Å². The lowest BCUT2D eigenvalue weighted by molar-refractivity contribution is -0.152. The summed E-state index contributed by atoms with van der Waals surface area (Å²) in [6, 6.07) is 11.4. The predicted octanol–water partition coefficient (Wildman–Crippen LogP) is 5.87. The molecule has 0 saturated heterocycles. The number of aliphatic imine (C=N–C) groups is 1. The zero-order valence-electron chi connectivity index (χ0n) is 22.2. The van der Waals surface area contributed by atoms with Crippen LogP contribution in [0.15, 0.2) is 47.5 Å². The SMILES string of the molecule is CC(=O)[C@@H](CCC(F)(F)F)[C@@H](CCC(F)(F)F)C(=O)N[C@H]1N=C(c2cccc(Cl)c2)c2cccc3c2N(CCO3)C1=O. The second kappa shape index (κ2) is 12.3. The molecule has 226 valence electrons. The van der Waals surface area contributed by atoms with Crippen molar-refractivity contribution in [1.82, 2.24) is 5.32 Å². The Kier molecular flexibility index (Phi) is 9.19. The van der Waals surface area contributed by atoms with Gasteiger partial charge in [0.05, 0.1) is 17.9 Å². The van der Waals surface area contributed by atoms with Gasteiger partial charge in [0.2, 0.25) is 12.1 Å². The molecule has 0 aliphatic carbocycles. The molecule has 42 heavy (non-hydrogen) atoms. The second-order valence-corrected chi connectivity index (χ2v) is 10.5. The van der Waals surface area contributed by atoms with Crippen LogP contribution in [0.2, 0.25) is 5.02 Å². The largest absolute Gasteiger partial charge is 0.490 e. The first-order valence-electron chi connectivity index (χ1n) is 13.0. The molecule has 1 N–H and O–H groups in total. The van der Waals surface area contributed by atoms with E-state index in [0.29, 0.717) is 27.6 Å². The average molecular weight is 618 g/mol. The summed E-state index contributed by atoms with van der Waals surface area (Å²) in [4.78, 5) is 45.4. The van der Waals surface area contributed by atoms with Crippen molar-refractivity contribution >= 4 is 40.6 Å². The van der Waals surface area contributed by atoms with Crippen LogP contribution in [0.3, 0.4) is 0 Å². The Labute approximate surface area is 241 Å². The van der Waals surface area contributed by atoms with Gasteiger partial charge < -0.3 is 15.0 Å². The van der Waals surface area contributed by atoms with E-state index in [0.717, 1.165) is 6.92 Å². The van der Waals surface area contributed by atoms with Crippen molar-refractivity contribution in [2.45, 2.75) is 51.1 Å². The fourth-order valence-electron chi connectivity index (χ4n) is 5.13. The Morgan fingerprint density at radius 2 is 1.69 bits per heavy atom. The highest BCUT2D eigenvalue weighted by atomic mass is 35.5. The average Bonchev–Trinajstić information content (AvgIpc) is 3.01. The second-order valence-electron chi connectivity index (χ2n) is 10.0. The van der Waals surface area contributed by atoms with Crippen LogP contribution in [0, 0.1) is 11.8 Å². The number of ether oxygens (including phenoxy) is 1. The van der Waals surface area contributed by atoms with E-state index in [1.54, 1.807) is 42.5 Å². The zero-order valence-corrected chi connectivity index (χ0v) is 22.9. The molecular formula is C28H26ClF6N3O4. The first-order valence-corrected chi connectivity index (χ1v) is 13.4. The predicted molar refractivity (Wildman–Crippen MR) is 142 cm³/mol. The maximum absolute atomic E-state index is 13.7. The summed E-state index contributed by atoms with van der Waals surface area (Å²) in [6.07, 6.45) is -16.0. The van der Waals surface area contributed by atoms with Crippen LogP contribution in [-0.2, 0) is 14.4 Å². The highest BCUT2D eigenvalue weighted by Crippen LogP contribution is 2.39. The number of benzene rings is 2. The summed E-state index contributed by atoms with van der Waals surface area (Å²) < 4.78 is 84.2. The first kappa shape index (κ1) is 31.3. The molecule has 0 bridgehead atoms. The number of Topliss-reactive ketones (excluding diaryl/α,β-unsaturated/α-hetero) is 1. The number of anilines is 1. The summed E-state index contributed by atoms with van der Waals surface area (Å²) in [5, 5.41) is 2.68. The number of amides is 2. The summed E-state index contributed by atoms with van der Waals surface area (Å²) in [5.41, 5.74) is 1.49. The quantitative estimate of drug-likeness (QED) is 0.357. The number of ketones is 1. The van der Waals surface area contributed by atoms with Crippen LogP contribution >= 0.6 is 11.6 Å². The van der Waals surface area contributed by atoms with Crippen molar-refractivity contribution in [3.8, 4) is 5.75 Å². The lowest BCUT2D eigenvalue weighted by atomic mass is 9.81. The molecule has 4 rings (SSSR count). The number of para-hydroxylation sites is 1. The van der Waals surface area contributed by atoms with Gasteiger partial charge in [0.1, 0.15) is 18.1 Å². The molecule has 14 heteroatoms. The van der Waals surface area contributed by atoms with Crippen LogP contribution in [-0.4, -0.2) is 55.0 Å². The fourth-order valence-corrected chi connectivity index (χ4v) is 5.32. The molecule has 2 aliphatic rings.